The first-order valence-corrected chi connectivity index (χ1v) is 9.08. The minimum Gasteiger partial charge on any atom is -0.352 e. The summed E-state index contributed by atoms with van der Waals surface area (Å²) < 4.78 is 0. The van der Waals surface area contributed by atoms with E-state index in [4.69, 9.17) is 4.98 Å². The number of fused-ring (bicyclic) bond motifs is 1. The van der Waals surface area contributed by atoms with E-state index in [2.05, 4.69) is 36.6 Å². The van der Waals surface area contributed by atoms with Gasteiger partial charge in [0.1, 0.15) is 0 Å². The monoisotopic (exact) mass is 345 g/mol. The Morgan fingerprint density at radius 2 is 1.85 bits per heavy atom. The van der Waals surface area contributed by atoms with Crippen LogP contribution in [-0.2, 0) is 0 Å². The van der Waals surface area contributed by atoms with Crippen molar-refractivity contribution in [2.24, 2.45) is 5.92 Å². The highest BCUT2D eigenvalue weighted by molar-refractivity contribution is 6.07. The number of benzene rings is 2. The summed E-state index contributed by atoms with van der Waals surface area (Å²) in [6.07, 6.45) is 0. The highest BCUT2D eigenvalue weighted by Crippen LogP contribution is 2.27. The number of aryl methyl sites for hydroxylation is 2. The third-order valence-electron chi connectivity index (χ3n) is 5.16. The van der Waals surface area contributed by atoms with Gasteiger partial charge in [-0.3, -0.25) is 4.79 Å². The van der Waals surface area contributed by atoms with Gasteiger partial charge in [-0.05, 0) is 43.2 Å². The smallest absolute Gasteiger partial charge is 0.252 e. The number of nitrogens with zero attached hydrogens (tertiary/aromatic N) is 1. The van der Waals surface area contributed by atoms with E-state index >= 15 is 0 Å². The van der Waals surface area contributed by atoms with Crippen molar-refractivity contribution < 1.29 is 4.79 Å². The third kappa shape index (κ3) is 3.20. The fourth-order valence-electron chi connectivity index (χ4n) is 3.26. The van der Waals surface area contributed by atoms with E-state index in [0.717, 1.165) is 35.2 Å². The molecule has 0 saturated carbocycles. The van der Waals surface area contributed by atoms with Crippen LogP contribution < -0.4 is 10.6 Å². The van der Waals surface area contributed by atoms with E-state index in [1.165, 1.54) is 11.1 Å². The second-order valence-electron chi connectivity index (χ2n) is 7.11. The van der Waals surface area contributed by atoms with E-state index in [9.17, 15) is 4.79 Å². The van der Waals surface area contributed by atoms with Crippen molar-refractivity contribution >= 4 is 16.8 Å². The molecule has 2 aromatic carbocycles. The highest BCUT2D eigenvalue weighted by Gasteiger charge is 2.19. The first kappa shape index (κ1) is 16.7. The number of pyridine rings is 1. The minimum atomic E-state index is -0.0234. The second kappa shape index (κ2) is 6.89. The van der Waals surface area contributed by atoms with Crippen LogP contribution in [0.2, 0.25) is 0 Å². The standard InChI is InChI=1S/C22H23N3O/c1-14-8-18-19(22(26)24-13-16-11-23-12-16)10-20(17-6-4-3-5-7-17)25-21(18)9-15(14)2/h3-10,16,23H,11-13H2,1-2H3,(H,24,26). The third-order valence-corrected chi connectivity index (χ3v) is 5.16. The Kier molecular flexibility index (Phi) is 4.43. The molecular weight excluding hydrogens is 322 g/mol. The molecule has 1 aliphatic rings. The summed E-state index contributed by atoms with van der Waals surface area (Å²) in [5, 5.41) is 7.25. The van der Waals surface area contributed by atoms with Gasteiger partial charge in [-0.25, -0.2) is 4.98 Å². The van der Waals surface area contributed by atoms with E-state index in [0.29, 0.717) is 18.0 Å². The van der Waals surface area contributed by atoms with Crippen molar-refractivity contribution in [3.8, 4) is 11.3 Å². The summed E-state index contributed by atoms with van der Waals surface area (Å²) in [6, 6.07) is 16.1. The summed E-state index contributed by atoms with van der Waals surface area (Å²) in [5.74, 6) is 0.509. The van der Waals surface area contributed by atoms with Gasteiger partial charge in [0, 0.05) is 36.5 Å². The van der Waals surface area contributed by atoms with E-state index < -0.39 is 0 Å². The van der Waals surface area contributed by atoms with Crippen LogP contribution in [0.5, 0.6) is 0 Å². The number of amides is 1. The van der Waals surface area contributed by atoms with Crippen molar-refractivity contribution in [2.75, 3.05) is 19.6 Å². The number of rotatable bonds is 4. The summed E-state index contributed by atoms with van der Waals surface area (Å²) in [7, 11) is 0. The van der Waals surface area contributed by atoms with Crippen LogP contribution in [0.15, 0.2) is 48.5 Å². The van der Waals surface area contributed by atoms with Gasteiger partial charge in [-0.2, -0.15) is 0 Å². The Bertz CT molecular complexity index is 962. The van der Waals surface area contributed by atoms with Crippen molar-refractivity contribution in [1.29, 1.82) is 0 Å². The molecule has 1 aliphatic heterocycles. The molecule has 0 atom stereocenters. The van der Waals surface area contributed by atoms with Crippen LogP contribution in [0.1, 0.15) is 21.5 Å². The lowest BCUT2D eigenvalue weighted by Crippen LogP contribution is -2.48. The molecule has 4 nitrogen and oxygen atoms in total. The molecule has 2 heterocycles. The Hall–Kier alpha value is -2.72. The average molecular weight is 345 g/mol. The Labute approximate surface area is 153 Å². The molecule has 3 aromatic rings. The second-order valence-corrected chi connectivity index (χ2v) is 7.11. The van der Waals surface area contributed by atoms with Crippen LogP contribution in [0.25, 0.3) is 22.2 Å². The highest BCUT2D eigenvalue weighted by atomic mass is 16.1. The molecule has 4 rings (SSSR count). The Morgan fingerprint density at radius 1 is 1.12 bits per heavy atom. The number of hydrogen-bond donors (Lipinski definition) is 2. The summed E-state index contributed by atoms with van der Waals surface area (Å²) in [5.41, 5.74) is 5.77. The van der Waals surface area contributed by atoms with Gasteiger partial charge in [0.25, 0.3) is 5.91 Å². The first-order chi connectivity index (χ1) is 12.6. The number of aromatic nitrogens is 1. The van der Waals surface area contributed by atoms with Gasteiger partial charge in [0.15, 0.2) is 0 Å². The fourth-order valence-corrected chi connectivity index (χ4v) is 3.26. The van der Waals surface area contributed by atoms with Gasteiger partial charge in [0.05, 0.1) is 16.8 Å². The lowest BCUT2D eigenvalue weighted by atomic mass is 9.99. The van der Waals surface area contributed by atoms with Crippen LogP contribution in [0, 0.1) is 19.8 Å². The van der Waals surface area contributed by atoms with Gasteiger partial charge in [-0.15, -0.1) is 0 Å². The van der Waals surface area contributed by atoms with Crippen molar-refractivity contribution in [2.45, 2.75) is 13.8 Å². The molecule has 1 amide bonds. The lowest BCUT2D eigenvalue weighted by Gasteiger charge is -2.27. The predicted molar refractivity (Wildman–Crippen MR) is 105 cm³/mol. The molecule has 132 valence electrons. The molecule has 0 unspecified atom stereocenters. The van der Waals surface area contributed by atoms with Crippen molar-refractivity contribution in [3.05, 3.63) is 65.2 Å². The number of nitrogens with one attached hydrogen (secondary N) is 2. The molecule has 1 saturated heterocycles. The first-order valence-electron chi connectivity index (χ1n) is 9.08. The number of carbonyl (C=O) groups is 1. The van der Waals surface area contributed by atoms with Crippen LogP contribution in [0.4, 0.5) is 0 Å². The summed E-state index contributed by atoms with van der Waals surface area (Å²) in [4.78, 5) is 17.7. The maximum atomic E-state index is 12.9. The van der Waals surface area contributed by atoms with Crippen LogP contribution in [-0.4, -0.2) is 30.5 Å². The lowest BCUT2D eigenvalue weighted by molar-refractivity contribution is 0.0944. The fraction of sp³-hybridized carbons (Fsp3) is 0.273. The van der Waals surface area contributed by atoms with Gasteiger partial charge in [-0.1, -0.05) is 30.3 Å². The van der Waals surface area contributed by atoms with Crippen molar-refractivity contribution in [1.82, 2.24) is 15.6 Å². The molecule has 4 heteroatoms. The predicted octanol–water partition coefficient (Wildman–Crippen LogP) is 3.47. The molecule has 0 spiro atoms. The number of carbonyl (C=O) groups excluding carboxylic acids is 1. The molecule has 0 radical (unpaired) electrons. The van der Waals surface area contributed by atoms with Crippen molar-refractivity contribution in [3.63, 3.8) is 0 Å². The zero-order valence-corrected chi connectivity index (χ0v) is 15.2. The zero-order chi connectivity index (χ0) is 18.1. The van der Waals surface area contributed by atoms with Gasteiger partial charge in [0.2, 0.25) is 0 Å². The molecule has 1 aromatic heterocycles. The normalized spacial score (nSPS) is 14.2. The average Bonchev–Trinajstić information content (AvgIpc) is 2.61. The van der Waals surface area contributed by atoms with E-state index in [1.54, 1.807) is 0 Å². The van der Waals surface area contributed by atoms with Gasteiger partial charge < -0.3 is 10.6 Å². The van der Waals surface area contributed by atoms with Crippen LogP contribution in [0.3, 0.4) is 0 Å². The maximum Gasteiger partial charge on any atom is 0.252 e. The molecule has 0 aliphatic carbocycles. The number of hydrogen-bond acceptors (Lipinski definition) is 3. The summed E-state index contributed by atoms with van der Waals surface area (Å²) in [6.45, 7) is 6.81. The van der Waals surface area contributed by atoms with E-state index in [-0.39, 0.29) is 5.91 Å². The maximum absolute atomic E-state index is 12.9. The zero-order valence-electron chi connectivity index (χ0n) is 15.2. The minimum absolute atomic E-state index is 0.0234. The quantitative estimate of drug-likeness (QED) is 0.761. The van der Waals surface area contributed by atoms with Crippen LogP contribution >= 0.6 is 0 Å². The molecular formula is C22H23N3O. The molecule has 26 heavy (non-hydrogen) atoms. The molecule has 1 fully saturated rings. The molecule has 2 N–H and O–H groups in total. The Morgan fingerprint density at radius 3 is 2.54 bits per heavy atom. The topological polar surface area (TPSA) is 54.0 Å². The van der Waals surface area contributed by atoms with Gasteiger partial charge >= 0.3 is 0 Å². The Balaban J connectivity index is 1.79. The molecule has 0 bridgehead atoms. The SMILES string of the molecule is Cc1cc2nc(-c3ccccc3)cc(C(=O)NCC3CNC3)c2cc1C. The largest absolute Gasteiger partial charge is 0.352 e. The summed E-state index contributed by atoms with van der Waals surface area (Å²) >= 11 is 0. The van der Waals surface area contributed by atoms with E-state index in [1.807, 2.05) is 36.4 Å².